The van der Waals surface area contributed by atoms with E-state index in [0.717, 1.165) is 6.20 Å². The molecule has 0 unspecified atom stereocenters. The highest BCUT2D eigenvalue weighted by molar-refractivity contribution is 9.08. The van der Waals surface area contributed by atoms with Crippen molar-refractivity contribution in [3.05, 3.63) is 17.5 Å². The zero-order valence-electron chi connectivity index (χ0n) is 10.6. The van der Waals surface area contributed by atoms with Crippen molar-refractivity contribution < 1.29 is 32.2 Å². The topological polar surface area (TPSA) is 57.7 Å². The van der Waals surface area contributed by atoms with E-state index in [1.165, 1.54) is 14.0 Å². The van der Waals surface area contributed by atoms with Crippen LogP contribution in [0.2, 0.25) is 0 Å². The lowest BCUT2D eigenvalue weighted by molar-refractivity contribution is -0.275. The van der Waals surface area contributed by atoms with Gasteiger partial charge in [0.05, 0.1) is 25.5 Å². The van der Waals surface area contributed by atoms with Gasteiger partial charge in [-0.1, -0.05) is 15.9 Å². The van der Waals surface area contributed by atoms with Crippen molar-refractivity contribution in [2.45, 2.75) is 18.6 Å². The zero-order valence-corrected chi connectivity index (χ0v) is 12.2. The second kappa shape index (κ2) is 6.78. The highest BCUT2D eigenvalue weighted by Crippen LogP contribution is 2.36. The Morgan fingerprint density at radius 1 is 1.45 bits per heavy atom. The van der Waals surface area contributed by atoms with Crippen molar-refractivity contribution in [3.8, 4) is 11.5 Å². The van der Waals surface area contributed by atoms with Gasteiger partial charge in [-0.25, -0.2) is 9.78 Å². The molecule has 0 amide bonds. The van der Waals surface area contributed by atoms with Gasteiger partial charge in [0.1, 0.15) is 5.75 Å². The van der Waals surface area contributed by atoms with Crippen molar-refractivity contribution in [1.29, 1.82) is 0 Å². The van der Waals surface area contributed by atoms with Gasteiger partial charge in [0.2, 0.25) is 0 Å². The first-order chi connectivity index (χ1) is 9.34. The van der Waals surface area contributed by atoms with Gasteiger partial charge < -0.3 is 14.2 Å². The van der Waals surface area contributed by atoms with Gasteiger partial charge in [0.15, 0.2) is 11.4 Å². The quantitative estimate of drug-likeness (QED) is 0.598. The number of esters is 1. The third-order valence-electron chi connectivity index (χ3n) is 2.14. The molecule has 0 atom stereocenters. The Bertz CT molecular complexity index is 493. The van der Waals surface area contributed by atoms with Gasteiger partial charge in [0.25, 0.3) is 0 Å². The number of carbonyl (C=O) groups excluding carboxylic acids is 1. The summed E-state index contributed by atoms with van der Waals surface area (Å²) in [5.74, 6) is -1.67. The molecular formula is C11H11BrF3NO4. The molecule has 0 spiro atoms. The van der Waals surface area contributed by atoms with E-state index in [1.807, 2.05) is 0 Å². The van der Waals surface area contributed by atoms with E-state index in [2.05, 4.69) is 30.4 Å². The molecule has 9 heteroatoms. The monoisotopic (exact) mass is 357 g/mol. The van der Waals surface area contributed by atoms with E-state index in [1.54, 1.807) is 0 Å². The third-order valence-corrected chi connectivity index (χ3v) is 2.70. The van der Waals surface area contributed by atoms with E-state index in [0.29, 0.717) is 0 Å². The van der Waals surface area contributed by atoms with E-state index < -0.39 is 23.8 Å². The van der Waals surface area contributed by atoms with Gasteiger partial charge in [-0.3, -0.25) is 0 Å². The first kappa shape index (κ1) is 16.5. The molecule has 1 rings (SSSR count). The summed E-state index contributed by atoms with van der Waals surface area (Å²) in [6, 6.07) is 0. The lowest BCUT2D eigenvalue weighted by atomic mass is 10.2. The zero-order chi connectivity index (χ0) is 15.3. The van der Waals surface area contributed by atoms with Crippen molar-refractivity contribution >= 4 is 21.9 Å². The van der Waals surface area contributed by atoms with E-state index in [-0.39, 0.29) is 23.2 Å². The lowest BCUT2D eigenvalue weighted by Gasteiger charge is -2.16. The van der Waals surface area contributed by atoms with Crippen LogP contribution in [-0.4, -0.2) is 31.0 Å². The van der Waals surface area contributed by atoms with Crippen LogP contribution in [0.25, 0.3) is 0 Å². The molecule has 0 bridgehead atoms. The number of carbonyl (C=O) groups is 1. The molecule has 1 heterocycles. The number of hydrogen-bond donors (Lipinski definition) is 0. The smallest absolute Gasteiger partial charge is 0.495 e. The number of methoxy groups -OCH3 is 1. The minimum absolute atomic E-state index is 0.00163. The summed E-state index contributed by atoms with van der Waals surface area (Å²) in [7, 11) is 1.27. The lowest BCUT2D eigenvalue weighted by Crippen LogP contribution is -2.21. The first-order valence-electron chi connectivity index (χ1n) is 5.38. The number of alkyl halides is 4. The van der Waals surface area contributed by atoms with E-state index in [4.69, 9.17) is 4.74 Å². The second-order valence-corrected chi connectivity index (χ2v) is 3.95. The molecular weight excluding hydrogens is 347 g/mol. The van der Waals surface area contributed by atoms with Gasteiger partial charge in [-0.2, -0.15) is 0 Å². The molecule has 0 radical (unpaired) electrons. The summed E-state index contributed by atoms with van der Waals surface area (Å²) in [5, 5.41) is -0.0173. The molecule has 112 valence electrons. The third kappa shape index (κ3) is 3.99. The Morgan fingerprint density at radius 2 is 2.10 bits per heavy atom. The predicted molar refractivity (Wildman–Crippen MR) is 66.1 cm³/mol. The summed E-state index contributed by atoms with van der Waals surface area (Å²) in [6.07, 6.45) is -3.84. The Morgan fingerprint density at radius 3 is 2.55 bits per heavy atom. The fraction of sp³-hybridized carbons (Fsp3) is 0.455. The largest absolute Gasteiger partial charge is 0.573 e. The normalized spacial score (nSPS) is 11.1. The number of hydrogen-bond acceptors (Lipinski definition) is 5. The molecule has 5 nitrogen and oxygen atoms in total. The van der Waals surface area contributed by atoms with Gasteiger partial charge in [-0.15, -0.1) is 13.2 Å². The predicted octanol–water partition coefficient (Wildman–Crippen LogP) is 3.06. The Kier molecular flexibility index (Phi) is 5.61. The molecule has 0 aliphatic heterocycles. The number of nitrogens with zero attached hydrogens (tertiary/aromatic N) is 1. The van der Waals surface area contributed by atoms with E-state index in [9.17, 15) is 18.0 Å². The van der Waals surface area contributed by atoms with E-state index >= 15 is 0 Å². The minimum Gasteiger partial charge on any atom is -0.495 e. The summed E-state index contributed by atoms with van der Waals surface area (Å²) in [5.41, 5.74) is -0.540. The van der Waals surface area contributed by atoms with Crippen LogP contribution >= 0.6 is 15.9 Å². The first-order valence-corrected chi connectivity index (χ1v) is 6.50. The average Bonchev–Trinajstić information content (AvgIpc) is 2.36. The Labute approximate surface area is 121 Å². The molecule has 1 aromatic heterocycles. The standard InChI is InChI=1S/C11H11BrF3NO4/c1-3-19-10(17)8-9(20-11(13,14)15)6(4-12)7(18-2)5-16-8/h5H,3-4H2,1-2H3. The number of pyridine rings is 1. The number of halogens is 4. The highest BCUT2D eigenvalue weighted by atomic mass is 79.9. The van der Waals surface area contributed by atoms with Crippen molar-refractivity contribution in [2.24, 2.45) is 0 Å². The van der Waals surface area contributed by atoms with Gasteiger partial charge in [-0.05, 0) is 6.92 Å². The maximum atomic E-state index is 12.5. The molecule has 0 N–H and O–H groups in total. The van der Waals surface area contributed by atoms with Crippen LogP contribution in [-0.2, 0) is 10.1 Å². The number of aromatic nitrogens is 1. The van der Waals surface area contributed by atoms with Crippen LogP contribution < -0.4 is 9.47 Å². The van der Waals surface area contributed by atoms with Crippen LogP contribution in [0.1, 0.15) is 23.0 Å². The molecule has 0 aliphatic rings. The molecule has 0 saturated carbocycles. The second-order valence-electron chi connectivity index (χ2n) is 3.38. The van der Waals surface area contributed by atoms with Crippen LogP contribution in [0.4, 0.5) is 13.2 Å². The van der Waals surface area contributed by atoms with Crippen molar-refractivity contribution in [2.75, 3.05) is 13.7 Å². The number of rotatable bonds is 5. The maximum absolute atomic E-state index is 12.5. The molecule has 0 aliphatic carbocycles. The summed E-state index contributed by atoms with van der Waals surface area (Å²) >= 11 is 3.02. The fourth-order valence-corrected chi connectivity index (χ4v) is 1.92. The summed E-state index contributed by atoms with van der Waals surface area (Å²) in [6.45, 7) is 1.53. The maximum Gasteiger partial charge on any atom is 0.573 e. The molecule has 20 heavy (non-hydrogen) atoms. The molecule has 1 aromatic rings. The van der Waals surface area contributed by atoms with Crippen LogP contribution in [0.15, 0.2) is 6.20 Å². The van der Waals surface area contributed by atoms with Crippen molar-refractivity contribution in [3.63, 3.8) is 0 Å². The van der Waals surface area contributed by atoms with Gasteiger partial charge >= 0.3 is 12.3 Å². The molecule has 0 aromatic carbocycles. The highest BCUT2D eigenvalue weighted by Gasteiger charge is 2.36. The summed E-state index contributed by atoms with van der Waals surface area (Å²) in [4.78, 5) is 15.2. The van der Waals surface area contributed by atoms with Crippen LogP contribution in [0.5, 0.6) is 11.5 Å². The average molecular weight is 358 g/mol. The Balaban J connectivity index is 3.39. The van der Waals surface area contributed by atoms with Crippen molar-refractivity contribution in [1.82, 2.24) is 4.98 Å². The SMILES string of the molecule is CCOC(=O)c1ncc(OC)c(CBr)c1OC(F)(F)F. The molecule has 0 fully saturated rings. The number of ether oxygens (including phenoxy) is 3. The fourth-order valence-electron chi connectivity index (χ4n) is 1.39. The molecule has 0 saturated heterocycles. The van der Waals surface area contributed by atoms with Gasteiger partial charge in [0, 0.05) is 5.33 Å². The Hall–Kier alpha value is -1.51. The summed E-state index contributed by atoms with van der Waals surface area (Å²) < 4.78 is 50.8. The minimum atomic E-state index is -4.97. The van der Waals surface area contributed by atoms with Crippen LogP contribution in [0, 0.1) is 0 Å². The van der Waals surface area contributed by atoms with Crippen LogP contribution in [0.3, 0.4) is 0 Å².